The Balaban J connectivity index is 1.47. The third-order valence-corrected chi connectivity index (χ3v) is 6.66. The van der Waals surface area contributed by atoms with Gasteiger partial charge < -0.3 is 25.5 Å². The molecule has 9 nitrogen and oxygen atoms in total. The number of nitrogens with one attached hydrogen (secondary N) is 2. The lowest BCUT2D eigenvalue weighted by Crippen LogP contribution is -2.33. The van der Waals surface area contributed by atoms with Gasteiger partial charge in [0, 0.05) is 42.5 Å². The third-order valence-electron chi connectivity index (χ3n) is 6.22. The van der Waals surface area contributed by atoms with Crippen LogP contribution in [0.2, 0.25) is 10.0 Å². The molecule has 0 bridgehead atoms. The lowest BCUT2D eigenvalue weighted by Gasteiger charge is -2.19. The van der Waals surface area contributed by atoms with E-state index in [0.717, 1.165) is 18.5 Å². The maximum atomic E-state index is 13.0. The summed E-state index contributed by atoms with van der Waals surface area (Å²) in [6.45, 7) is 2.18. The normalized spacial score (nSPS) is 15.1. The van der Waals surface area contributed by atoms with Crippen LogP contribution in [0.5, 0.6) is 5.75 Å². The van der Waals surface area contributed by atoms with E-state index >= 15 is 0 Å². The van der Waals surface area contributed by atoms with Gasteiger partial charge in [-0.3, -0.25) is 14.4 Å². The Morgan fingerprint density at radius 3 is 2.45 bits per heavy atom. The molecule has 1 aliphatic rings. The Bertz CT molecular complexity index is 1350. The quantitative estimate of drug-likeness (QED) is 0.353. The number of hydrogen-bond donors (Lipinski definition) is 3. The zero-order chi connectivity index (χ0) is 27.4. The lowest BCUT2D eigenvalue weighted by atomic mass is 9.96. The van der Waals surface area contributed by atoms with Crippen LogP contribution in [0.25, 0.3) is 0 Å². The highest BCUT2D eigenvalue weighted by Gasteiger charge is 2.32. The predicted octanol–water partition coefficient (Wildman–Crippen LogP) is 4.48. The second kappa shape index (κ2) is 11.8. The van der Waals surface area contributed by atoms with E-state index in [2.05, 4.69) is 15.6 Å². The molecule has 0 spiro atoms. The predicted molar refractivity (Wildman–Crippen MR) is 147 cm³/mol. The topological polar surface area (TPSA) is 115 Å². The molecule has 2 heterocycles. The SMILES string of the molecule is CN(C)CCN1CCC(c2ccc(C(=O)Nc3c(O)cc(Cl)cc3NC(=O)c3ccc(Cl)cn3)cc2)C1=O. The Morgan fingerprint density at radius 2 is 1.79 bits per heavy atom. The summed E-state index contributed by atoms with van der Waals surface area (Å²) < 4.78 is 0. The molecular formula is C27H27Cl2N5O4. The smallest absolute Gasteiger partial charge is 0.274 e. The number of pyridine rings is 1. The molecule has 1 aromatic heterocycles. The molecule has 0 saturated carbocycles. The van der Waals surface area contributed by atoms with Crippen LogP contribution in [0.4, 0.5) is 11.4 Å². The largest absolute Gasteiger partial charge is 0.506 e. The Kier molecular flexibility index (Phi) is 8.51. The summed E-state index contributed by atoms with van der Waals surface area (Å²) in [5.74, 6) is -1.57. The van der Waals surface area contributed by atoms with E-state index in [-0.39, 0.29) is 39.7 Å². The second-order valence-corrected chi connectivity index (χ2v) is 10.1. The Hall–Kier alpha value is -3.66. The van der Waals surface area contributed by atoms with Crippen LogP contribution in [0.3, 0.4) is 0 Å². The van der Waals surface area contributed by atoms with Crippen molar-refractivity contribution >= 4 is 52.3 Å². The molecular weight excluding hydrogens is 529 g/mol. The Labute approximate surface area is 230 Å². The number of phenolic OH excluding ortho intramolecular Hbond substituents is 1. The van der Waals surface area contributed by atoms with Gasteiger partial charge in [0.15, 0.2) is 0 Å². The monoisotopic (exact) mass is 555 g/mol. The lowest BCUT2D eigenvalue weighted by molar-refractivity contribution is -0.129. The molecule has 38 heavy (non-hydrogen) atoms. The fraction of sp³-hybridized carbons (Fsp3) is 0.259. The number of carbonyl (C=O) groups excluding carboxylic acids is 3. The van der Waals surface area contributed by atoms with Crippen molar-refractivity contribution in [1.29, 1.82) is 0 Å². The van der Waals surface area contributed by atoms with Crippen molar-refractivity contribution in [1.82, 2.24) is 14.8 Å². The van der Waals surface area contributed by atoms with Gasteiger partial charge in [-0.05, 0) is 56.4 Å². The summed E-state index contributed by atoms with van der Waals surface area (Å²) >= 11 is 11.9. The van der Waals surface area contributed by atoms with Gasteiger partial charge in [-0.2, -0.15) is 0 Å². The molecule has 1 saturated heterocycles. The highest BCUT2D eigenvalue weighted by atomic mass is 35.5. The van der Waals surface area contributed by atoms with Gasteiger partial charge in [-0.15, -0.1) is 0 Å². The first-order valence-corrected chi connectivity index (χ1v) is 12.7. The van der Waals surface area contributed by atoms with E-state index in [1.807, 2.05) is 23.9 Å². The van der Waals surface area contributed by atoms with Crippen molar-refractivity contribution in [2.75, 3.05) is 44.4 Å². The number of carbonyl (C=O) groups is 3. The molecule has 3 N–H and O–H groups in total. The highest BCUT2D eigenvalue weighted by Crippen LogP contribution is 2.36. The minimum Gasteiger partial charge on any atom is -0.506 e. The van der Waals surface area contributed by atoms with Crippen molar-refractivity contribution < 1.29 is 19.5 Å². The van der Waals surface area contributed by atoms with Gasteiger partial charge in [-0.1, -0.05) is 35.3 Å². The second-order valence-electron chi connectivity index (χ2n) is 9.21. The maximum absolute atomic E-state index is 13.0. The zero-order valence-electron chi connectivity index (χ0n) is 20.9. The van der Waals surface area contributed by atoms with Crippen molar-refractivity contribution in [3.63, 3.8) is 0 Å². The number of aromatic nitrogens is 1. The molecule has 4 rings (SSSR count). The van der Waals surface area contributed by atoms with Crippen LogP contribution in [0, 0.1) is 0 Å². The van der Waals surface area contributed by atoms with E-state index in [1.54, 1.807) is 24.3 Å². The van der Waals surface area contributed by atoms with Crippen LogP contribution >= 0.6 is 23.2 Å². The first-order chi connectivity index (χ1) is 18.1. The number of nitrogens with zero attached hydrogens (tertiary/aromatic N) is 3. The van der Waals surface area contributed by atoms with Gasteiger partial charge in [0.1, 0.15) is 17.1 Å². The summed E-state index contributed by atoms with van der Waals surface area (Å²) in [4.78, 5) is 46.4. The van der Waals surface area contributed by atoms with E-state index < -0.39 is 11.8 Å². The van der Waals surface area contributed by atoms with Gasteiger partial charge >= 0.3 is 0 Å². The van der Waals surface area contributed by atoms with Crippen LogP contribution in [-0.2, 0) is 4.79 Å². The van der Waals surface area contributed by atoms with E-state index in [0.29, 0.717) is 23.7 Å². The number of likely N-dealkylation sites (N-methyl/N-ethyl adjacent to an activating group) is 1. The molecule has 11 heteroatoms. The molecule has 2 aromatic carbocycles. The average molecular weight is 556 g/mol. The summed E-state index contributed by atoms with van der Waals surface area (Å²) in [5.41, 5.74) is 1.32. The van der Waals surface area contributed by atoms with Crippen molar-refractivity contribution in [2.24, 2.45) is 0 Å². The number of likely N-dealkylation sites (tertiary alicyclic amines) is 1. The summed E-state index contributed by atoms with van der Waals surface area (Å²) in [7, 11) is 3.94. The minimum absolute atomic E-state index is 0.0201. The number of halogens is 2. The first-order valence-electron chi connectivity index (χ1n) is 11.9. The number of hydrogen-bond acceptors (Lipinski definition) is 6. The fourth-order valence-corrected chi connectivity index (χ4v) is 4.49. The van der Waals surface area contributed by atoms with E-state index in [4.69, 9.17) is 23.2 Å². The van der Waals surface area contributed by atoms with Crippen LogP contribution in [0.15, 0.2) is 54.7 Å². The number of phenols is 1. The highest BCUT2D eigenvalue weighted by molar-refractivity contribution is 6.31. The standard InChI is InChI=1S/C27H27Cl2N5O4/c1-33(2)11-12-34-10-9-20(27(34)38)16-3-5-17(6-4-16)25(36)32-24-22(13-19(29)14-23(24)35)31-26(37)21-8-7-18(28)15-30-21/h3-8,13-15,20,35H,9-12H2,1-2H3,(H,31,37)(H,32,36). The van der Waals surface area contributed by atoms with Crippen molar-refractivity contribution in [2.45, 2.75) is 12.3 Å². The molecule has 3 amide bonds. The Morgan fingerprint density at radius 1 is 1.05 bits per heavy atom. The summed E-state index contributed by atoms with van der Waals surface area (Å²) in [5, 5.41) is 16.3. The average Bonchev–Trinajstić information content (AvgIpc) is 3.25. The zero-order valence-corrected chi connectivity index (χ0v) is 22.4. The number of anilines is 2. The number of benzene rings is 2. The number of amides is 3. The van der Waals surface area contributed by atoms with Crippen molar-refractivity contribution in [3.8, 4) is 5.75 Å². The molecule has 1 fully saturated rings. The summed E-state index contributed by atoms with van der Waals surface area (Å²) in [6.07, 6.45) is 2.06. The maximum Gasteiger partial charge on any atom is 0.274 e. The van der Waals surface area contributed by atoms with Crippen LogP contribution < -0.4 is 10.6 Å². The minimum atomic E-state index is -0.580. The van der Waals surface area contributed by atoms with Gasteiger partial charge in [0.25, 0.3) is 11.8 Å². The van der Waals surface area contributed by atoms with Gasteiger partial charge in [0.05, 0.1) is 16.6 Å². The van der Waals surface area contributed by atoms with Crippen LogP contribution in [-0.4, -0.2) is 71.3 Å². The van der Waals surface area contributed by atoms with E-state index in [1.165, 1.54) is 30.5 Å². The molecule has 1 unspecified atom stereocenters. The van der Waals surface area contributed by atoms with Gasteiger partial charge in [-0.25, -0.2) is 4.98 Å². The molecule has 1 aliphatic heterocycles. The third kappa shape index (κ3) is 6.42. The fourth-order valence-electron chi connectivity index (χ4n) is 4.16. The number of rotatable bonds is 8. The number of aromatic hydroxyl groups is 1. The van der Waals surface area contributed by atoms with E-state index in [9.17, 15) is 19.5 Å². The van der Waals surface area contributed by atoms with Gasteiger partial charge in [0.2, 0.25) is 5.91 Å². The molecule has 198 valence electrons. The van der Waals surface area contributed by atoms with Crippen LogP contribution in [0.1, 0.15) is 38.7 Å². The van der Waals surface area contributed by atoms with Crippen molar-refractivity contribution in [3.05, 3.63) is 81.6 Å². The molecule has 3 aromatic rings. The molecule has 0 aliphatic carbocycles. The first kappa shape index (κ1) is 27.4. The molecule has 0 radical (unpaired) electrons. The summed E-state index contributed by atoms with van der Waals surface area (Å²) in [6, 6.07) is 12.4. The molecule has 1 atom stereocenters.